The number of terminal acetylenes is 1. The second-order valence-corrected chi connectivity index (χ2v) is 7.72. The summed E-state index contributed by atoms with van der Waals surface area (Å²) in [5.41, 5.74) is 4.88. The molecule has 0 aliphatic heterocycles. The van der Waals surface area contributed by atoms with Gasteiger partial charge in [-0.3, -0.25) is 19.0 Å². The van der Waals surface area contributed by atoms with E-state index in [4.69, 9.17) is 15.9 Å². The Kier molecular flexibility index (Phi) is 11.4. The van der Waals surface area contributed by atoms with Gasteiger partial charge in [0.25, 0.3) is 17.4 Å². The largest absolute Gasteiger partial charge is 0.382 e. The van der Waals surface area contributed by atoms with Crippen LogP contribution in [0.25, 0.3) is 11.5 Å². The average molecular weight is 509 g/mol. The summed E-state index contributed by atoms with van der Waals surface area (Å²) in [6.07, 6.45) is 6.51. The molecule has 0 spiro atoms. The van der Waals surface area contributed by atoms with Crippen LogP contribution in [0.5, 0.6) is 0 Å². The van der Waals surface area contributed by atoms with Gasteiger partial charge in [-0.15, -0.1) is 6.42 Å². The first-order valence-electron chi connectivity index (χ1n) is 10.6. The summed E-state index contributed by atoms with van der Waals surface area (Å²) in [7, 11) is 1.54. The number of hydrogen-bond acceptors (Lipinski definition) is 9. The van der Waals surface area contributed by atoms with Crippen LogP contribution < -0.4 is 30.7 Å². The molecule has 12 heteroatoms. The molecule has 0 radical (unpaired) electrons. The number of carbonyl (C=O) groups is 2. The van der Waals surface area contributed by atoms with Crippen molar-refractivity contribution in [3.05, 3.63) is 49.5 Å². The lowest BCUT2D eigenvalue weighted by Crippen LogP contribution is -2.30. The van der Waals surface area contributed by atoms with Crippen molar-refractivity contribution in [1.29, 1.82) is 5.26 Å². The molecule has 2 rings (SSSR count). The highest BCUT2D eigenvalue weighted by Crippen LogP contribution is 2.08. The first-order valence-corrected chi connectivity index (χ1v) is 11.4. The number of rotatable bonds is 11. The maximum atomic E-state index is 12.7. The third-order valence-electron chi connectivity index (χ3n) is 4.23. The van der Waals surface area contributed by atoms with Crippen molar-refractivity contribution in [1.82, 2.24) is 14.9 Å². The highest BCUT2D eigenvalue weighted by Gasteiger charge is 2.08. The fourth-order valence-electron chi connectivity index (χ4n) is 2.59. The first kappa shape index (κ1) is 27.8. The van der Waals surface area contributed by atoms with Crippen LogP contribution in [-0.4, -0.2) is 54.8 Å². The van der Waals surface area contributed by atoms with Crippen LogP contribution in [0.2, 0.25) is 0 Å². The lowest BCUT2D eigenvalue weighted by molar-refractivity contribution is -0.121. The van der Waals surface area contributed by atoms with Crippen molar-refractivity contribution in [2.45, 2.75) is 13.5 Å². The van der Waals surface area contributed by atoms with E-state index < -0.39 is 5.91 Å². The van der Waals surface area contributed by atoms with Crippen molar-refractivity contribution in [2.24, 2.45) is 0 Å². The van der Waals surface area contributed by atoms with E-state index >= 15 is 0 Å². The van der Waals surface area contributed by atoms with Gasteiger partial charge in [-0.1, -0.05) is 34.8 Å². The molecule has 0 aliphatic carbocycles. The number of hydrogen-bond donors (Lipinski definition) is 3. The fraction of sp³-hybridized carbons (Fsp3) is 0.292. The topological polar surface area (TPSA) is 147 Å². The number of ether oxygens (including phenoxy) is 2. The van der Waals surface area contributed by atoms with Crippen molar-refractivity contribution in [2.75, 3.05) is 44.1 Å². The van der Waals surface area contributed by atoms with Gasteiger partial charge in [-0.2, -0.15) is 5.26 Å². The molecule has 0 aromatic carbocycles. The third-order valence-corrected chi connectivity index (χ3v) is 5.24. The van der Waals surface area contributed by atoms with Crippen LogP contribution >= 0.6 is 11.3 Å². The minimum Gasteiger partial charge on any atom is -0.382 e. The van der Waals surface area contributed by atoms with E-state index in [1.165, 1.54) is 10.8 Å². The lowest BCUT2D eigenvalue weighted by Gasteiger charge is -2.06. The Labute approximate surface area is 211 Å². The minimum atomic E-state index is -0.679. The van der Waals surface area contributed by atoms with Gasteiger partial charge in [0.1, 0.15) is 33.5 Å². The normalized spacial score (nSPS) is 9.67. The average Bonchev–Trinajstić information content (AvgIpc) is 3.17. The molecule has 2 amide bonds. The summed E-state index contributed by atoms with van der Waals surface area (Å²) in [5.74, 6) is 1.92. The van der Waals surface area contributed by atoms with Gasteiger partial charge in [-0.05, 0) is 19.1 Å². The van der Waals surface area contributed by atoms with Gasteiger partial charge in [0, 0.05) is 19.9 Å². The zero-order valence-corrected chi connectivity index (χ0v) is 20.5. The molecular formula is C24H24N6O5S. The zero-order chi connectivity index (χ0) is 26.3. The van der Waals surface area contributed by atoms with E-state index in [9.17, 15) is 19.6 Å². The van der Waals surface area contributed by atoms with Crippen molar-refractivity contribution >= 4 is 46.2 Å². The van der Waals surface area contributed by atoms with Gasteiger partial charge in [-0.25, -0.2) is 4.98 Å². The molecule has 36 heavy (non-hydrogen) atoms. The molecule has 2 heterocycles. The van der Waals surface area contributed by atoms with Gasteiger partial charge in [0.05, 0.1) is 19.8 Å². The number of aromatic nitrogens is 2. The van der Waals surface area contributed by atoms with Gasteiger partial charge in [0.2, 0.25) is 0 Å². The van der Waals surface area contributed by atoms with Crippen molar-refractivity contribution < 1.29 is 19.1 Å². The number of pyridine rings is 1. The third kappa shape index (κ3) is 8.42. The van der Waals surface area contributed by atoms with E-state index in [0.717, 1.165) is 11.3 Å². The SMILES string of the molecule is C#CCNC(=O)C(=C=c1sc(=C=CNc2cccc(NC(=O)COCCOC)n2)c(=O)n1CC)C#N. The number of anilines is 2. The molecule has 0 saturated heterocycles. The van der Waals surface area contributed by atoms with Crippen LogP contribution in [0.15, 0.2) is 34.8 Å². The van der Waals surface area contributed by atoms with Crippen LogP contribution in [0.4, 0.5) is 11.6 Å². The van der Waals surface area contributed by atoms with Gasteiger partial charge in [0.15, 0.2) is 5.57 Å². The van der Waals surface area contributed by atoms with Crippen LogP contribution in [-0.2, 0) is 25.6 Å². The molecule has 0 unspecified atom stereocenters. The molecule has 2 aromatic rings. The smallest absolute Gasteiger partial charge is 0.277 e. The van der Waals surface area contributed by atoms with Crippen molar-refractivity contribution in [3.63, 3.8) is 0 Å². The number of nitrogens with one attached hydrogen (secondary N) is 3. The highest BCUT2D eigenvalue weighted by atomic mass is 32.1. The molecule has 0 aliphatic rings. The van der Waals surface area contributed by atoms with Crippen LogP contribution in [0.1, 0.15) is 6.92 Å². The quantitative estimate of drug-likeness (QED) is 0.159. The van der Waals surface area contributed by atoms with E-state index in [0.29, 0.717) is 36.1 Å². The Morgan fingerprint density at radius 3 is 2.78 bits per heavy atom. The molecular weight excluding hydrogens is 484 g/mol. The molecule has 0 bridgehead atoms. The monoisotopic (exact) mass is 508 g/mol. The Morgan fingerprint density at radius 2 is 2.08 bits per heavy atom. The number of methoxy groups -OCH3 is 1. The summed E-state index contributed by atoms with van der Waals surface area (Å²) in [4.78, 5) is 40.9. The fourth-order valence-corrected chi connectivity index (χ4v) is 3.57. The summed E-state index contributed by atoms with van der Waals surface area (Å²) >= 11 is 1.02. The highest BCUT2D eigenvalue weighted by molar-refractivity contribution is 7.07. The molecule has 186 valence electrons. The number of nitriles is 1. The zero-order valence-electron chi connectivity index (χ0n) is 19.7. The Morgan fingerprint density at radius 1 is 1.31 bits per heavy atom. The van der Waals surface area contributed by atoms with E-state index in [-0.39, 0.29) is 34.7 Å². The van der Waals surface area contributed by atoms with E-state index in [2.05, 4.69) is 38.3 Å². The molecule has 11 nitrogen and oxygen atoms in total. The Balaban J connectivity index is 2.27. The van der Waals surface area contributed by atoms with Crippen LogP contribution in [0, 0.1) is 23.7 Å². The van der Waals surface area contributed by atoms with E-state index in [1.54, 1.807) is 38.3 Å². The molecule has 3 N–H and O–H groups in total. The molecule has 0 fully saturated rings. The summed E-state index contributed by atoms with van der Waals surface area (Å²) in [6, 6.07) is 6.73. The summed E-state index contributed by atoms with van der Waals surface area (Å²) in [5, 5.41) is 17.2. The summed E-state index contributed by atoms with van der Waals surface area (Å²) < 4.78 is 11.9. The number of thiazole rings is 1. The minimum absolute atomic E-state index is 0.0365. The standard InChI is InChI=1S/C24H24N6O5S/c1-4-10-27-23(32)17(15-25)14-22-30(5-2)24(33)18(36-22)9-11-26-19-7-6-8-20(28-19)29-21(31)16-35-13-12-34-3/h1,6-8,11H,5,10,12-13,16H2,2-3H3,(H,27,32)(H2,26,28,29,31). The second-order valence-electron chi connectivity index (χ2n) is 6.72. The maximum absolute atomic E-state index is 12.7. The molecule has 0 saturated carbocycles. The lowest BCUT2D eigenvalue weighted by atomic mass is 10.3. The Hall–Kier alpha value is -4.41. The number of carbonyl (C=O) groups excluding carboxylic acids is 2. The summed E-state index contributed by atoms with van der Waals surface area (Å²) in [6.45, 7) is 2.57. The predicted octanol–water partition coefficient (Wildman–Crippen LogP) is -0.490. The predicted molar refractivity (Wildman–Crippen MR) is 135 cm³/mol. The Bertz CT molecular complexity index is 1430. The number of amides is 2. The molecule has 0 atom stereocenters. The second kappa shape index (κ2) is 14.8. The first-order chi connectivity index (χ1) is 17.4. The van der Waals surface area contributed by atoms with E-state index in [1.807, 2.05) is 0 Å². The number of nitrogens with zero attached hydrogens (tertiary/aromatic N) is 3. The van der Waals surface area contributed by atoms with Gasteiger partial charge >= 0.3 is 0 Å². The van der Waals surface area contributed by atoms with Gasteiger partial charge < -0.3 is 25.4 Å². The van der Waals surface area contributed by atoms with Crippen molar-refractivity contribution in [3.8, 4) is 18.4 Å². The molecule has 2 aromatic heterocycles. The maximum Gasteiger partial charge on any atom is 0.277 e. The van der Waals surface area contributed by atoms with Crippen LogP contribution in [0.3, 0.4) is 0 Å².